The molecule has 0 saturated heterocycles. The first kappa shape index (κ1) is 17.6. The third kappa shape index (κ3) is 4.87. The number of aromatic amines is 1. The summed E-state index contributed by atoms with van der Waals surface area (Å²) in [5.74, 6) is 0.827. The second-order valence-electron chi connectivity index (χ2n) is 5.56. The van der Waals surface area contributed by atoms with Gasteiger partial charge in [-0.2, -0.15) is 0 Å². The molecule has 2 N–H and O–H groups in total. The minimum Gasteiger partial charge on any atom is -0.445 e. The molecule has 7 heteroatoms. The normalized spacial score (nSPS) is 10.8. The Kier molecular flexibility index (Phi) is 5.79. The number of halogens is 2. The van der Waals surface area contributed by atoms with Crippen LogP contribution in [0.1, 0.15) is 17.8 Å². The van der Waals surface area contributed by atoms with E-state index in [9.17, 15) is 4.79 Å². The highest BCUT2D eigenvalue weighted by atomic mass is 35.5. The summed E-state index contributed by atoms with van der Waals surface area (Å²) >= 11 is 12.0. The largest absolute Gasteiger partial charge is 0.445 e. The highest BCUT2D eigenvalue weighted by molar-refractivity contribution is 6.42. The molecule has 0 fully saturated rings. The molecule has 3 aromatic rings. The minimum absolute atomic E-state index is 0.262. The van der Waals surface area contributed by atoms with Crippen LogP contribution in [0.3, 0.4) is 0 Å². The lowest BCUT2D eigenvalue weighted by molar-refractivity contribution is 0.139. The van der Waals surface area contributed by atoms with E-state index in [-0.39, 0.29) is 6.61 Å². The van der Waals surface area contributed by atoms with E-state index >= 15 is 0 Å². The average molecular weight is 378 g/mol. The van der Waals surface area contributed by atoms with Crippen LogP contribution < -0.4 is 5.32 Å². The Morgan fingerprint density at radius 2 is 1.92 bits per heavy atom. The van der Waals surface area contributed by atoms with Crippen LogP contribution in [0.4, 0.5) is 4.79 Å². The number of H-pyrrole nitrogens is 1. The molecule has 1 amide bonds. The molecule has 0 saturated carbocycles. The van der Waals surface area contributed by atoms with E-state index in [2.05, 4.69) is 15.3 Å². The van der Waals surface area contributed by atoms with Crippen molar-refractivity contribution >= 4 is 40.3 Å². The van der Waals surface area contributed by atoms with Crippen molar-refractivity contribution in [2.75, 3.05) is 6.54 Å². The molecule has 0 unspecified atom stereocenters. The fraction of sp³-hybridized carbons (Fsp3) is 0.222. The lowest BCUT2D eigenvalue weighted by atomic mass is 10.2. The molecule has 130 valence electrons. The van der Waals surface area contributed by atoms with Crippen LogP contribution in [0.25, 0.3) is 11.0 Å². The molecule has 0 aliphatic heterocycles. The van der Waals surface area contributed by atoms with Gasteiger partial charge >= 0.3 is 6.09 Å². The quantitative estimate of drug-likeness (QED) is 0.610. The third-order valence-electron chi connectivity index (χ3n) is 3.65. The zero-order valence-corrected chi connectivity index (χ0v) is 14.9. The van der Waals surface area contributed by atoms with Gasteiger partial charge in [0.15, 0.2) is 0 Å². The maximum absolute atomic E-state index is 11.7. The summed E-state index contributed by atoms with van der Waals surface area (Å²) in [6, 6.07) is 13.0. The summed E-state index contributed by atoms with van der Waals surface area (Å²) in [4.78, 5) is 19.3. The van der Waals surface area contributed by atoms with Crippen molar-refractivity contribution < 1.29 is 9.53 Å². The molecule has 0 spiro atoms. The minimum atomic E-state index is -0.424. The smallest absolute Gasteiger partial charge is 0.407 e. The van der Waals surface area contributed by atoms with Gasteiger partial charge in [0.05, 0.1) is 21.1 Å². The molecule has 1 aromatic heterocycles. The van der Waals surface area contributed by atoms with Crippen molar-refractivity contribution in [3.8, 4) is 0 Å². The topological polar surface area (TPSA) is 67.0 Å². The molecule has 25 heavy (non-hydrogen) atoms. The van der Waals surface area contributed by atoms with Gasteiger partial charge in [0.25, 0.3) is 0 Å². The molecule has 5 nitrogen and oxygen atoms in total. The lowest BCUT2D eigenvalue weighted by Gasteiger charge is -2.06. The summed E-state index contributed by atoms with van der Waals surface area (Å²) in [7, 11) is 0. The zero-order valence-electron chi connectivity index (χ0n) is 13.4. The van der Waals surface area contributed by atoms with Crippen molar-refractivity contribution in [1.82, 2.24) is 15.3 Å². The van der Waals surface area contributed by atoms with Gasteiger partial charge < -0.3 is 15.0 Å². The Labute approximate surface area is 155 Å². The Bertz CT molecular complexity index is 826. The number of hydrogen-bond acceptors (Lipinski definition) is 3. The van der Waals surface area contributed by atoms with Crippen molar-refractivity contribution in [3.63, 3.8) is 0 Å². The summed E-state index contributed by atoms with van der Waals surface area (Å²) in [6.07, 6.45) is 1.01. The first-order chi connectivity index (χ1) is 12.1. The van der Waals surface area contributed by atoms with Gasteiger partial charge in [-0.15, -0.1) is 0 Å². The van der Waals surface area contributed by atoms with Gasteiger partial charge in [-0.3, -0.25) is 0 Å². The predicted octanol–water partition coefficient (Wildman–Crippen LogP) is 4.73. The number of nitrogens with zero attached hydrogens (tertiary/aromatic N) is 1. The number of amides is 1. The molecule has 0 bridgehead atoms. The molecular weight excluding hydrogens is 361 g/mol. The Morgan fingerprint density at radius 3 is 2.72 bits per heavy atom. The van der Waals surface area contributed by atoms with E-state index < -0.39 is 6.09 Å². The number of aromatic nitrogens is 2. The van der Waals surface area contributed by atoms with E-state index in [0.29, 0.717) is 23.0 Å². The van der Waals surface area contributed by atoms with E-state index in [1.807, 2.05) is 30.3 Å². The van der Waals surface area contributed by atoms with Crippen molar-refractivity contribution in [2.24, 2.45) is 0 Å². The second kappa shape index (κ2) is 8.23. The predicted molar refractivity (Wildman–Crippen MR) is 99.1 cm³/mol. The van der Waals surface area contributed by atoms with Crippen LogP contribution in [0.15, 0.2) is 42.5 Å². The number of benzene rings is 2. The first-order valence-electron chi connectivity index (χ1n) is 7.90. The first-order valence-corrected chi connectivity index (χ1v) is 8.65. The van der Waals surface area contributed by atoms with Gasteiger partial charge in [0.1, 0.15) is 12.4 Å². The maximum atomic E-state index is 11.7. The Hall–Kier alpha value is -2.24. The van der Waals surface area contributed by atoms with Gasteiger partial charge in [-0.05, 0) is 24.1 Å². The number of ether oxygens (including phenoxy) is 1. The number of nitrogens with one attached hydrogen (secondary N) is 2. The van der Waals surface area contributed by atoms with E-state index in [4.69, 9.17) is 27.9 Å². The molecule has 0 aliphatic carbocycles. The van der Waals surface area contributed by atoms with Gasteiger partial charge in [-0.1, -0.05) is 53.5 Å². The molecule has 0 radical (unpaired) electrons. The summed E-state index contributed by atoms with van der Waals surface area (Å²) < 4.78 is 5.15. The van der Waals surface area contributed by atoms with Crippen LogP contribution in [0, 0.1) is 0 Å². The summed E-state index contributed by atoms with van der Waals surface area (Å²) in [5.41, 5.74) is 2.58. The molecule has 0 aliphatic rings. The number of aryl methyl sites for hydroxylation is 1. The van der Waals surface area contributed by atoms with Crippen LogP contribution in [0.5, 0.6) is 0 Å². The number of alkyl carbamates (subject to hydrolysis) is 1. The summed E-state index contributed by atoms with van der Waals surface area (Å²) in [6.45, 7) is 0.768. The van der Waals surface area contributed by atoms with E-state index in [1.54, 1.807) is 12.1 Å². The van der Waals surface area contributed by atoms with Gasteiger partial charge in [0, 0.05) is 13.0 Å². The maximum Gasteiger partial charge on any atom is 0.407 e. The van der Waals surface area contributed by atoms with Crippen molar-refractivity contribution in [1.29, 1.82) is 0 Å². The zero-order chi connectivity index (χ0) is 17.6. The fourth-order valence-corrected chi connectivity index (χ4v) is 2.72. The number of imidazole rings is 1. The van der Waals surface area contributed by atoms with Crippen LogP contribution in [-0.4, -0.2) is 22.6 Å². The molecule has 3 rings (SSSR count). The number of rotatable bonds is 6. The van der Waals surface area contributed by atoms with Crippen LogP contribution in [-0.2, 0) is 17.8 Å². The third-order valence-corrected chi connectivity index (χ3v) is 4.37. The van der Waals surface area contributed by atoms with Gasteiger partial charge in [-0.25, -0.2) is 9.78 Å². The SMILES string of the molecule is O=C(NCCCc1nc2cc(Cl)c(Cl)cc2[nH]1)OCc1ccccc1. The number of hydrogen-bond donors (Lipinski definition) is 2. The summed E-state index contributed by atoms with van der Waals surface area (Å²) in [5, 5.41) is 3.70. The number of carbonyl (C=O) groups is 1. The monoisotopic (exact) mass is 377 g/mol. The Morgan fingerprint density at radius 1 is 1.16 bits per heavy atom. The van der Waals surface area contributed by atoms with Crippen molar-refractivity contribution in [2.45, 2.75) is 19.4 Å². The number of carbonyl (C=O) groups excluding carboxylic acids is 1. The van der Waals surface area contributed by atoms with Crippen molar-refractivity contribution in [3.05, 3.63) is 63.9 Å². The van der Waals surface area contributed by atoms with Crippen LogP contribution >= 0.6 is 23.2 Å². The highest BCUT2D eigenvalue weighted by Crippen LogP contribution is 2.26. The van der Waals surface area contributed by atoms with E-state index in [0.717, 1.165) is 28.8 Å². The number of fused-ring (bicyclic) bond motifs is 1. The second-order valence-corrected chi connectivity index (χ2v) is 6.37. The molecule has 0 atom stereocenters. The average Bonchev–Trinajstić information content (AvgIpc) is 3.00. The highest BCUT2D eigenvalue weighted by Gasteiger charge is 2.07. The van der Waals surface area contributed by atoms with E-state index in [1.165, 1.54) is 0 Å². The molecular formula is C18H17Cl2N3O2. The van der Waals surface area contributed by atoms with Gasteiger partial charge in [0.2, 0.25) is 0 Å². The molecule has 1 heterocycles. The molecule has 2 aromatic carbocycles. The lowest BCUT2D eigenvalue weighted by Crippen LogP contribution is -2.25. The van der Waals surface area contributed by atoms with Crippen LogP contribution in [0.2, 0.25) is 10.0 Å². The standard InChI is InChI=1S/C18H17Cl2N3O2/c19-13-9-15-16(10-14(13)20)23-17(22-15)7-4-8-21-18(24)25-11-12-5-2-1-3-6-12/h1-3,5-6,9-10H,4,7-8,11H2,(H,21,24)(H,22,23). The fourth-order valence-electron chi connectivity index (χ4n) is 2.40. The Balaban J connectivity index is 1.41.